The lowest BCUT2D eigenvalue weighted by molar-refractivity contribution is 0.0600. The number of ether oxygens (including phenoxy) is 2. The van der Waals surface area contributed by atoms with Crippen LogP contribution in [-0.2, 0) is 4.74 Å². The molecule has 0 aliphatic rings. The number of methoxy groups -OCH3 is 1. The highest BCUT2D eigenvalue weighted by molar-refractivity contribution is 7.80. The average Bonchev–Trinajstić information content (AvgIpc) is 2.40. The van der Waals surface area contributed by atoms with Gasteiger partial charge in [-0.3, -0.25) is 0 Å². The third-order valence-corrected chi connectivity index (χ3v) is 2.68. The molecule has 0 spiro atoms. The molecule has 0 heterocycles. The molecule has 5 heteroatoms. The molecule has 0 saturated carbocycles. The molecule has 0 bridgehead atoms. The molecule has 0 unspecified atom stereocenters. The molecule has 0 aliphatic carbocycles. The first-order chi connectivity index (χ1) is 9.08. The minimum atomic E-state index is -0.536. The molecule has 0 amide bonds. The highest BCUT2D eigenvalue weighted by atomic mass is 32.1. The molecule has 19 heavy (non-hydrogen) atoms. The van der Waals surface area contributed by atoms with Gasteiger partial charge in [0.25, 0.3) is 0 Å². The van der Waals surface area contributed by atoms with E-state index < -0.39 is 5.97 Å². The van der Waals surface area contributed by atoms with Crippen LogP contribution in [0.2, 0.25) is 0 Å². The van der Waals surface area contributed by atoms with Gasteiger partial charge in [-0.05, 0) is 36.4 Å². The third kappa shape index (κ3) is 3.42. The Labute approximate surface area is 116 Å². The van der Waals surface area contributed by atoms with E-state index in [1.54, 1.807) is 24.3 Å². The monoisotopic (exact) mass is 276 g/mol. The van der Waals surface area contributed by atoms with Gasteiger partial charge in [0.1, 0.15) is 17.2 Å². The van der Waals surface area contributed by atoms with Crippen molar-refractivity contribution in [2.75, 3.05) is 7.11 Å². The van der Waals surface area contributed by atoms with Gasteiger partial charge in [-0.15, -0.1) is 12.6 Å². The molecule has 0 aliphatic heterocycles. The zero-order valence-electron chi connectivity index (χ0n) is 10.2. The largest absolute Gasteiger partial charge is 0.508 e. The smallest absolute Gasteiger partial charge is 0.338 e. The van der Waals surface area contributed by atoms with Gasteiger partial charge in [0.2, 0.25) is 0 Å². The first-order valence-electron chi connectivity index (χ1n) is 5.48. The number of aromatic hydroxyl groups is 1. The topological polar surface area (TPSA) is 55.8 Å². The zero-order valence-corrected chi connectivity index (χ0v) is 11.1. The van der Waals surface area contributed by atoms with E-state index in [2.05, 4.69) is 17.4 Å². The summed E-state index contributed by atoms with van der Waals surface area (Å²) < 4.78 is 10.1. The average molecular weight is 276 g/mol. The van der Waals surface area contributed by atoms with Gasteiger partial charge in [-0.25, -0.2) is 4.79 Å². The summed E-state index contributed by atoms with van der Waals surface area (Å²) in [4.78, 5) is 12.2. The van der Waals surface area contributed by atoms with Crippen molar-refractivity contribution >= 4 is 18.6 Å². The first-order valence-corrected chi connectivity index (χ1v) is 5.92. The van der Waals surface area contributed by atoms with Gasteiger partial charge in [0.15, 0.2) is 0 Å². The van der Waals surface area contributed by atoms with Crippen LogP contribution >= 0.6 is 12.6 Å². The van der Waals surface area contributed by atoms with Crippen molar-refractivity contribution in [2.45, 2.75) is 4.90 Å². The lowest BCUT2D eigenvalue weighted by atomic mass is 10.2. The minimum Gasteiger partial charge on any atom is -0.508 e. The van der Waals surface area contributed by atoms with Crippen LogP contribution in [0.4, 0.5) is 0 Å². The van der Waals surface area contributed by atoms with E-state index in [-0.39, 0.29) is 11.3 Å². The van der Waals surface area contributed by atoms with Crippen molar-refractivity contribution in [3.8, 4) is 17.2 Å². The van der Waals surface area contributed by atoms with Gasteiger partial charge < -0.3 is 14.6 Å². The SMILES string of the molecule is COC(=O)c1cc(O)cc(Oc2ccc(S)cc2)c1. The highest BCUT2D eigenvalue weighted by Crippen LogP contribution is 2.27. The van der Waals surface area contributed by atoms with Crippen molar-refractivity contribution in [1.29, 1.82) is 0 Å². The fraction of sp³-hybridized carbons (Fsp3) is 0.0714. The predicted octanol–water partition coefficient (Wildman–Crippen LogP) is 3.26. The molecular weight excluding hydrogens is 264 g/mol. The van der Waals surface area contributed by atoms with Gasteiger partial charge in [0, 0.05) is 11.0 Å². The van der Waals surface area contributed by atoms with E-state index in [1.807, 2.05) is 0 Å². The lowest BCUT2D eigenvalue weighted by Gasteiger charge is -2.08. The number of rotatable bonds is 3. The molecule has 2 aromatic rings. The van der Waals surface area contributed by atoms with E-state index in [0.29, 0.717) is 11.5 Å². The van der Waals surface area contributed by atoms with Crippen LogP contribution in [0.3, 0.4) is 0 Å². The molecule has 0 aromatic heterocycles. The first kappa shape index (κ1) is 13.3. The van der Waals surface area contributed by atoms with Crippen LogP contribution in [0.5, 0.6) is 17.2 Å². The number of carbonyl (C=O) groups excluding carboxylic acids is 1. The molecule has 98 valence electrons. The van der Waals surface area contributed by atoms with Crippen LogP contribution in [0.25, 0.3) is 0 Å². The molecular formula is C14H12O4S. The molecule has 4 nitrogen and oxygen atoms in total. The van der Waals surface area contributed by atoms with Gasteiger partial charge in [-0.1, -0.05) is 0 Å². The number of hydrogen-bond acceptors (Lipinski definition) is 5. The van der Waals surface area contributed by atoms with E-state index in [0.717, 1.165) is 4.90 Å². The maximum absolute atomic E-state index is 11.4. The third-order valence-electron chi connectivity index (χ3n) is 2.38. The molecule has 2 rings (SSSR count). The van der Waals surface area contributed by atoms with Crippen LogP contribution in [0.1, 0.15) is 10.4 Å². The molecule has 0 radical (unpaired) electrons. The van der Waals surface area contributed by atoms with Crippen LogP contribution in [0.15, 0.2) is 47.4 Å². The Morgan fingerprint density at radius 1 is 1.11 bits per heavy atom. The van der Waals surface area contributed by atoms with Crippen LogP contribution < -0.4 is 4.74 Å². The Bertz CT molecular complexity index is 593. The Kier molecular flexibility index (Phi) is 3.97. The minimum absolute atomic E-state index is 0.0660. The number of phenols is 1. The maximum atomic E-state index is 11.4. The standard InChI is InChI=1S/C14H12O4S/c1-17-14(16)9-6-10(15)8-12(7-9)18-11-2-4-13(19)5-3-11/h2-8,15,19H,1H3. The van der Waals surface area contributed by atoms with Gasteiger partial charge in [-0.2, -0.15) is 0 Å². The second kappa shape index (κ2) is 5.67. The summed E-state index contributed by atoms with van der Waals surface area (Å²) >= 11 is 4.17. The number of phenolic OH excluding ortho intramolecular Hbond substituents is 1. The van der Waals surface area contributed by atoms with Crippen molar-refractivity contribution in [1.82, 2.24) is 0 Å². The summed E-state index contributed by atoms with van der Waals surface area (Å²) in [6, 6.07) is 11.3. The Morgan fingerprint density at radius 2 is 1.79 bits per heavy atom. The quantitative estimate of drug-likeness (QED) is 0.667. The number of hydrogen-bond donors (Lipinski definition) is 2. The normalized spacial score (nSPS) is 10.0. The summed E-state index contributed by atoms with van der Waals surface area (Å²) in [6.07, 6.45) is 0. The molecule has 2 aromatic carbocycles. The highest BCUT2D eigenvalue weighted by Gasteiger charge is 2.09. The Balaban J connectivity index is 2.27. The lowest BCUT2D eigenvalue weighted by Crippen LogP contribution is -2.01. The van der Waals surface area contributed by atoms with E-state index in [4.69, 9.17) is 4.74 Å². The van der Waals surface area contributed by atoms with Gasteiger partial charge >= 0.3 is 5.97 Å². The van der Waals surface area contributed by atoms with Crippen molar-refractivity contribution in [3.63, 3.8) is 0 Å². The predicted molar refractivity (Wildman–Crippen MR) is 73.2 cm³/mol. The summed E-state index contributed by atoms with van der Waals surface area (Å²) in [5.74, 6) is 0.335. The van der Waals surface area contributed by atoms with Crippen molar-refractivity contribution < 1.29 is 19.4 Å². The fourth-order valence-corrected chi connectivity index (χ4v) is 1.68. The molecule has 0 atom stereocenters. The summed E-state index contributed by atoms with van der Waals surface area (Å²) in [5, 5.41) is 9.56. The zero-order chi connectivity index (χ0) is 13.8. The second-order valence-electron chi connectivity index (χ2n) is 3.80. The van der Waals surface area contributed by atoms with Gasteiger partial charge in [0.05, 0.1) is 12.7 Å². The number of benzene rings is 2. The van der Waals surface area contributed by atoms with Crippen LogP contribution in [0, 0.1) is 0 Å². The maximum Gasteiger partial charge on any atom is 0.338 e. The van der Waals surface area contributed by atoms with E-state index >= 15 is 0 Å². The van der Waals surface area contributed by atoms with E-state index in [1.165, 1.54) is 25.3 Å². The summed E-state index contributed by atoms with van der Waals surface area (Å²) in [7, 11) is 1.28. The van der Waals surface area contributed by atoms with Crippen molar-refractivity contribution in [3.05, 3.63) is 48.0 Å². The van der Waals surface area contributed by atoms with Crippen molar-refractivity contribution in [2.24, 2.45) is 0 Å². The molecule has 0 saturated heterocycles. The summed E-state index contributed by atoms with van der Waals surface area (Å²) in [6.45, 7) is 0. The second-order valence-corrected chi connectivity index (χ2v) is 4.32. The number of carbonyl (C=O) groups is 1. The Morgan fingerprint density at radius 3 is 2.42 bits per heavy atom. The number of thiol groups is 1. The van der Waals surface area contributed by atoms with Crippen LogP contribution in [-0.4, -0.2) is 18.2 Å². The molecule has 1 N–H and O–H groups in total. The fourth-order valence-electron chi connectivity index (χ4n) is 1.53. The number of esters is 1. The van der Waals surface area contributed by atoms with E-state index in [9.17, 15) is 9.90 Å². The Hall–Kier alpha value is -2.14. The summed E-state index contributed by atoms with van der Waals surface area (Å²) in [5.41, 5.74) is 0.225. The molecule has 0 fully saturated rings.